The fraction of sp³-hybridized carbons (Fsp3) is 0.0909. The van der Waals surface area contributed by atoms with Gasteiger partial charge in [-0.3, -0.25) is 0 Å². The van der Waals surface area contributed by atoms with Crippen LogP contribution in [0.15, 0.2) is 41.3 Å². The van der Waals surface area contributed by atoms with E-state index in [4.69, 9.17) is 10.7 Å². The Hall–Kier alpha value is -1.26. The minimum Gasteiger partial charge on any atom is -0.388 e. The summed E-state index contributed by atoms with van der Waals surface area (Å²) < 4.78 is 22.3. The van der Waals surface area contributed by atoms with Crippen molar-refractivity contribution < 1.29 is 8.42 Å². The summed E-state index contributed by atoms with van der Waals surface area (Å²) in [6, 6.07) is 10.5. The van der Waals surface area contributed by atoms with Gasteiger partial charge in [0.05, 0.1) is 4.90 Å². The maximum absolute atomic E-state index is 11.2. The molecule has 3 nitrogen and oxygen atoms in total. The lowest BCUT2D eigenvalue weighted by atomic mass is 10.1. The molecule has 0 aliphatic heterocycles. The Labute approximate surface area is 98.5 Å². The first kappa shape index (κ1) is 11.2. The third-order valence-electron chi connectivity index (χ3n) is 2.38. The normalized spacial score (nSPS) is 11.6. The van der Waals surface area contributed by atoms with Crippen LogP contribution in [0.4, 0.5) is 5.69 Å². The lowest BCUT2D eigenvalue weighted by molar-refractivity contribution is 0.609. The highest BCUT2D eigenvalue weighted by Crippen LogP contribution is 2.24. The van der Waals surface area contributed by atoms with Crippen LogP contribution in [0.1, 0.15) is 0 Å². The number of hydrogen-bond donors (Lipinski definition) is 1. The standard InChI is InChI=1S/C11H10ClNO2S/c1-13-10-4-2-9-7-11(16(12,14)15)5-3-8(9)6-10/h2-7,13H,1H3. The van der Waals surface area contributed by atoms with Crippen LogP contribution in [-0.2, 0) is 9.05 Å². The summed E-state index contributed by atoms with van der Waals surface area (Å²) in [7, 11) is 3.46. The van der Waals surface area contributed by atoms with Crippen molar-refractivity contribution in [1.82, 2.24) is 0 Å². The summed E-state index contributed by atoms with van der Waals surface area (Å²) >= 11 is 0. The summed E-state index contributed by atoms with van der Waals surface area (Å²) in [6.45, 7) is 0. The maximum atomic E-state index is 11.2. The van der Waals surface area contributed by atoms with E-state index >= 15 is 0 Å². The first-order valence-corrected chi connectivity index (χ1v) is 6.98. The molecule has 16 heavy (non-hydrogen) atoms. The molecule has 2 aromatic rings. The smallest absolute Gasteiger partial charge is 0.261 e. The van der Waals surface area contributed by atoms with E-state index in [1.54, 1.807) is 12.1 Å². The number of fused-ring (bicyclic) bond motifs is 1. The monoisotopic (exact) mass is 255 g/mol. The average molecular weight is 256 g/mol. The summed E-state index contributed by atoms with van der Waals surface area (Å²) in [6.07, 6.45) is 0. The maximum Gasteiger partial charge on any atom is 0.261 e. The first-order valence-electron chi connectivity index (χ1n) is 4.67. The van der Waals surface area contributed by atoms with Gasteiger partial charge in [-0.25, -0.2) is 8.42 Å². The Kier molecular flexibility index (Phi) is 2.78. The molecule has 0 aromatic heterocycles. The quantitative estimate of drug-likeness (QED) is 0.840. The molecule has 84 valence electrons. The van der Waals surface area contributed by atoms with Crippen LogP contribution in [0.5, 0.6) is 0 Å². The van der Waals surface area contributed by atoms with Gasteiger partial charge in [0.1, 0.15) is 0 Å². The topological polar surface area (TPSA) is 46.2 Å². The van der Waals surface area contributed by atoms with Crippen LogP contribution in [0.25, 0.3) is 10.8 Å². The average Bonchev–Trinajstić information content (AvgIpc) is 2.26. The zero-order chi connectivity index (χ0) is 11.8. The van der Waals surface area contributed by atoms with Gasteiger partial charge in [0.15, 0.2) is 0 Å². The van der Waals surface area contributed by atoms with Crippen LogP contribution < -0.4 is 5.32 Å². The van der Waals surface area contributed by atoms with Crippen molar-refractivity contribution in [3.63, 3.8) is 0 Å². The van der Waals surface area contributed by atoms with Gasteiger partial charge in [0, 0.05) is 23.4 Å². The van der Waals surface area contributed by atoms with Crippen LogP contribution >= 0.6 is 10.7 Å². The molecule has 2 rings (SSSR count). The van der Waals surface area contributed by atoms with Crippen molar-refractivity contribution in [1.29, 1.82) is 0 Å². The number of rotatable bonds is 2. The van der Waals surface area contributed by atoms with E-state index in [9.17, 15) is 8.42 Å². The highest BCUT2D eigenvalue weighted by Gasteiger charge is 2.09. The summed E-state index contributed by atoms with van der Waals surface area (Å²) in [5.74, 6) is 0. The molecule has 0 aliphatic rings. The molecule has 0 saturated heterocycles. The largest absolute Gasteiger partial charge is 0.388 e. The van der Waals surface area contributed by atoms with E-state index in [-0.39, 0.29) is 4.90 Å². The summed E-state index contributed by atoms with van der Waals surface area (Å²) in [5.41, 5.74) is 0.981. The number of nitrogens with one attached hydrogen (secondary N) is 1. The second-order valence-electron chi connectivity index (χ2n) is 3.41. The molecule has 0 heterocycles. The zero-order valence-electron chi connectivity index (χ0n) is 8.57. The SMILES string of the molecule is CNc1ccc2cc(S(=O)(=O)Cl)ccc2c1. The van der Waals surface area contributed by atoms with E-state index in [1.165, 1.54) is 6.07 Å². The van der Waals surface area contributed by atoms with Crippen LogP contribution in [0, 0.1) is 0 Å². The molecule has 0 amide bonds. The van der Waals surface area contributed by atoms with E-state index < -0.39 is 9.05 Å². The van der Waals surface area contributed by atoms with Gasteiger partial charge >= 0.3 is 0 Å². The van der Waals surface area contributed by atoms with Gasteiger partial charge in [-0.05, 0) is 35.0 Å². The van der Waals surface area contributed by atoms with E-state index in [0.29, 0.717) is 0 Å². The third-order valence-corrected chi connectivity index (χ3v) is 3.73. The molecule has 0 radical (unpaired) electrons. The molecule has 0 unspecified atom stereocenters. The van der Waals surface area contributed by atoms with Gasteiger partial charge in [-0.2, -0.15) is 0 Å². The van der Waals surface area contributed by atoms with Crippen molar-refractivity contribution >= 4 is 36.2 Å². The number of anilines is 1. The highest BCUT2D eigenvalue weighted by molar-refractivity contribution is 8.13. The van der Waals surface area contributed by atoms with Crippen molar-refractivity contribution in [2.45, 2.75) is 4.90 Å². The van der Waals surface area contributed by atoms with Gasteiger partial charge in [0.2, 0.25) is 0 Å². The molecule has 5 heteroatoms. The molecule has 2 aromatic carbocycles. The number of halogens is 1. The van der Waals surface area contributed by atoms with Crippen molar-refractivity contribution in [3.05, 3.63) is 36.4 Å². The molecular weight excluding hydrogens is 246 g/mol. The van der Waals surface area contributed by atoms with Crippen LogP contribution in [0.3, 0.4) is 0 Å². The van der Waals surface area contributed by atoms with Crippen LogP contribution in [0.2, 0.25) is 0 Å². The van der Waals surface area contributed by atoms with Gasteiger partial charge in [0.25, 0.3) is 9.05 Å². The molecule has 0 saturated carbocycles. The summed E-state index contributed by atoms with van der Waals surface area (Å²) in [5, 5.41) is 4.84. The Bertz CT molecular complexity index is 637. The minimum absolute atomic E-state index is 0.124. The second kappa shape index (κ2) is 3.96. The molecule has 0 atom stereocenters. The fourth-order valence-electron chi connectivity index (χ4n) is 1.53. The summed E-state index contributed by atoms with van der Waals surface area (Å²) in [4.78, 5) is 0.124. The Balaban J connectivity index is 2.65. The molecule has 1 N–H and O–H groups in total. The Morgan fingerprint density at radius 2 is 1.69 bits per heavy atom. The van der Waals surface area contributed by atoms with Gasteiger partial charge in [-0.1, -0.05) is 12.1 Å². The second-order valence-corrected chi connectivity index (χ2v) is 5.98. The van der Waals surface area contributed by atoms with Crippen molar-refractivity contribution in [2.75, 3.05) is 12.4 Å². The van der Waals surface area contributed by atoms with Gasteiger partial charge in [-0.15, -0.1) is 0 Å². The zero-order valence-corrected chi connectivity index (χ0v) is 10.1. The predicted molar refractivity (Wildman–Crippen MR) is 66.5 cm³/mol. The minimum atomic E-state index is -3.65. The number of hydrogen-bond acceptors (Lipinski definition) is 3. The molecule has 0 fully saturated rings. The molecule has 0 bridgehead atoms. The fourth-order valence-corrected chi connectivity index (χ4v) is 2.32. The highest BCUT2D eigenvalue weighted by atomic mass is 35.7. The lowest BCUT2D eigenvalue weighted by Crippen LogP contribution is -1.91. The van der Waals surface area contributed by atoms with E-state index in [0.717, 1.165) is 16.5 Å². The van der Waals surface area contributed by atoms with Crippen LogP contribution in [-0.4, -0.2) is 15.5 Å². The van der Waals surface area contributed by atoms with Crippen molar-refractivity contribution in [3.8, 4) is 0 Å². The third kappa shape index (κ3) is 2.13. The Morgan fingerprint density at radius 1 is 1.06 bits per heavy atom. The Morgan fingerprint density at radius 3 is 2.31 bits per heavy atom. The first-order chi connectivity index (χ1) is 7.50. The predicted octanol–water partition coefficient (Wildman–Crippen LogP) is 2.81. The van der Waals surface area contributed by atoms with Crippen molar-refractivity contribution in [2.24, 2.45) is 0 Å². The lowest BCUT2D eigenvalue weighted by Gasteiger charge is -2.04. The molecule has 0 aliphatic carbocycles. The number of benzene rings is 2. The van der Waals surface area contributed by atoms with Gasteiger partial charge < -0.3 is 5.32 Å². The van der Waals surface area contributed by atoms with E-state index in [2.05, 4.69) is 5.32 Å². The molecule has 0 spiro atoms. The van der Waals surface area contributed by atoms with E-state index in [1.807, 2.05) is 25.2 Å². The molecular formula is C11H10ClNO2S.